The second-order valence-corrected chi connectivity index (χ2v) is 11.0. The molecular formula is C27H24ClN5O3S2. The summed E-state index contributed by atoms with van der Waals surface area (Å²) >= 11 is 8.99. The molecule has 3 heterocycles. The number of carbonyl (C=O) groups is 3. The zero-order valence-corrected chi connectivity index (χ0v) is 22.6. The molecule has 11 heteroatoms. The third-order valence-electron chi connectivity index (χ3n) is 6.06. The number of para-hydroxylation sites is 1. The summed E-state index contributed by atoms with van der Waals surface area (Å²) in [6.07, 6.45) is 0.446. The SMILES string of the molecule is O=C(CCC1C(=O)N=C2c3ccccc3N=C(SCC(=O)NCc3ccccc3Cl)N21)NCc1cccs1. The van der Waals surface area contributed by atoms with Gasteiger partial charge in [0.1, 0.15) is 11.9 Å². The molecule has 0 fully saturated rings. The van der Waals surface area contributed by atoms with Crippen LogP contribution in [0.5, 0.6) is 0 Å². The minimum Gasteiger partial charge on any atom is -0.351 e. The predicted molar refractivity (Wildman–Crippen MR) is 152 cm³/mol. The molecule has 3 amide bonds. The highest BCUT2D eigenvalue weighted by Gasteiger charge is 2.41. The number of amides is 3. The fourth-order valence-electron chi connectivity index (χ4n) is 4.15. The Hall–Kier alpha value is -3.47. The summed E-state index contributed by atoms with van der Waals surface area (Å²) in [6.45, 7) is 0.770. The van der Waals surface area contributed by atoms with Gasteiger partial charge in [-0.05, 0) is 41.6 Å². The molecule has 0 saturated heterocycles. The number of nitrogens with one attached hydrogen (secondary N) is 2. The van der Waals surface area contributed by atoms with Crippen LogP contribution in [0.2, 0.25) is 5.02 Å². The lowest BCUT2D eigenvalue weighted by Crippen LogP contribution is -2.44. The van der Waals surface area contributed by atoms with Crippen LogP contribution in [0.3, 0.4) is 0 Å². The van der Waals surface area contributed by atoms with Crippen molar-refractivity contribution in [2.75, 3.05) is 5.75 Å². The lowest BCUT2D eigenvalue weighted by molar-refractivity contribution is -0.122. The van der Waals surface area contributed by atoms with Crippen LogP contribution >= 0.6 is 34.7 Å². The largest absolute Gasteiger partial charge is 0.351 e. The van der Waals surface area contributed by atoms with Gasteiger partial charge in [-0.25, -0.2) is 4.99 Å². The molecule has 2 N–H and O–H groups in total. The molecule has 1 unspecified atom stereocenters. The molecule has 8 nitrogen and oxygen atoms in total. The van der Waals surface area contributed by atoms with E-state index in [0.717, 1.165) is 16.0 Å². The molecule has 2 aliphatic rings. The summed E-state index contributed by atoms with van der Waals surface area (Å²) in [5.41, 5.74) is 2.26. The first kappa shape index (κ1) is 26.1. The van der Waals surface area contributed by atoms with Crippen LogP contribution in [0.4, 0.5) is 5.69 Å². The average molecular weight is 566 g/mol. The van der Waals surface area contributed by atoms with E-state index in [1.807, 2.05) is 60.0 Å². The van der Waals surface area contributed by atoms with E-state index in [0.29, 0.717) is 34.8 Å². The zero-order valence-electron chi connectivity index (χ0n) is 20.2. The van der Waals surface area contributed by atoms with E-state index in [4.69, 9.17) is 16.6 Å². The summed E-state index contributed by atoms with van der Waals surface area (Å²) in [5.74, 6) is -0.0489. The van der Waals surface area contributed by atoms with E-state index < -0.39 is 6.04 Å². The number of fused-ring (bicyclic) bond motifs is 3. The van der Waals surface area contributed by atoms with Crippen molar-refractivity contribution in [1.82, 2.24) is 15.5 Å². The molecule has 0 radical (unpaired) electrons. The second kappa shape index (κ2) is 11.9. The molecule has 1 aromatic heterocycles. The summed E-state index contributed by atoms with van der Waals surface area (Å²) in [5, 5.41) is 8.83. The van der Waals surface area contributed by atoms with Gasteiger partial charge in [-0.2, -0.15) is 4.99 Å². The van der Waals surface area contributed by atoms with Crippen LogP contribution in [-0.4, -0.2) is 45.4 Å². The van der Waals surface area contributed by atoms with Gasteiger partial charge in [0.05, 0.1) is 18.0 Å². The van der Waals surface area contributed by atoms with Crippen molar-refractivity contribution in [2.45, 2.75) is 32.0 Å². The number of halogens is 1. The summed E-state index contributed by atoms with van der Waals surface area (Å²) in [6, 6.07) is 18.0. The lowest BCUT2D eigenvalue weighted by atomic mass is 10.1. The molecule has 2 aliphatic heterocycles. The van der Waals surface area contributed by atoms with Crippen molar-refractivity contribution in [1.29, 1.82) is 0 Å². The van der Waals surface area contributed by atoms with Gasteiger partial charge >= 0.3 is 0 Å². The Labute approximate surface area is 233 Å². The number of nitrogens with zero attached hydrogens (tertiary/aromatic N) is 3. The molecular weight excluding hydrogens is 542 g/mol. The van der Waals surface area contributed by atoms with Crippen LogP contribution < -0.4 is 10.6 Å². The topological polar surface area (TPSA) is 103 Å². The Morgan fingerprint density at radius 3 is 2.58 bits per heavy atom. The van der Waals surface area contributed by atoms with Crippen LogP contribution in [0.1, 0.15) is 28.8 Å². The summed E-state index contributed by atoms with van der Waals surface area (Å²) < 4.78 is 0. The van der Waals surface area contributed by atoms with Gasteiger partial charge in [0.2, 0.25) is 11.8 Å². The normalized spacial score (nSPS) is 15.9. The number of amidine groups is 2. The van der Waals surface area contributed by atoms with Crippen LogP contribution in [0, 0.1) is 0 Å². The third-order valence-corrected chi connectivity index (χ3v) is 8.26. The minimum absolute atomic E-state index is 0.0947. The van der Waals surface area contributed by atoms with Crippen molar-refractivity contribution in [3.05, 3.63) is 87.1 Å². The summed E-state index contributed by atoms with van der Waals surface area (Å²) in [4.78, 5) is 50.0. The van der Waals surface area contributed by atoms with Gasteiger partial charge in [-0.3, -0.25) is 19.3 Å². The lowest BCUT2D eigenvalue weighted by Gasteiger charge is -2.31. The maximum absolute atomic E-state index is 13.0. The molecule has 0 aliphatic carbocycles. The first-order valence-electron chi connectivity index (χ1n) is 12.0. The van der Waals surface area contributed by atoms with Gasteiger partial charge in [0.15, 0.2) is 5.17 Å². The number of carbonyl (C=O) groups excluding carboxylic acids is 3. The van der Waals surface area contributed by atoms with Gasteiger partial charge in [0.25, 0.3) is 5.91 Å². The number of thiophene rings is 1. The Kier molecular flexibility index (Phi) is 8.21. The highest BCUT2D eigenvalue weighted by Crippen LogP contribution is 2.35. The molecule has 0 saturated carbocycles. The predicted octanol–water partition coefficient (Wildman–Crippen LogP) is 4.51. The van der Waals surface area contributed by atoms with Crippen LogP contribution in [-0.2, 0) is 27.5 Å². The number of hydrogen-bond donors (Lipinski definition) is 2. The standard InChI is InChI=1S/C27H24ClN5O3S2/c28-20-9-3-1-6-17(20)14-29-24(35)16-38-27-31-21-10-4-2-8-19(21)25-32-26(36)22(33(25)27)11-12-23(34)30-15-18-7-5-13-37-18/h1-10,13,22H,11-12,14-16H2,(H,29,35)(H,30,34). The van der Waals surface area contributed by atoms with E-state index in [9.17, 15) is 14.4 Å². The number of rotatable bonds is 9. The molecule has 3 aromatic rings. The van der Waals surface area contributed by atoms with E-state index >= 15 is 0 Å². The first-order chi connectivity index (χ1) is 18.5. The maximum atomic E-state index is 13.0. The van der Waals surface area contributed by atoms with Gasteiger partial charge in [0, 0.05) is 28.4 Å². The number of hydrogen-bond acceptors (Lipinski definition) is 7. The summed E-state index contributed by atoms with van der Waals surface area (Å²) in [7, 11) is 0. The van der Waals surface area contributed by atoms with Gasteiger partial charge in [-0.15, -0.1) is 11.3 Å². The highest BCUT2D eigenvalue weighted by atomic mass is 35.5. The van der Waals surface area contributed by atoms with Crippen LogP contribution in [0.25, 0.3) is 0 Å². The minimum atomic E-state index is -0.664. The Morgan fingerprint density at radius 2 is 1.76 bits per heavy atom. The van der Waals surface area contributed by atoms with Crippen molar-refractivity contribution in [2.24, 2.45) is 9.98 Å². The molecule has 5 rings (SSSR count). The van der Waals surface area contributed by atoms with E-state index in [2.05, 4.69) is 15.6 Å². The zero-order chi connectivity index (χ0) is 26.5. The number of benzene rings is 2. The van der Waals surface area contributed by atoms with Gasteiger partial charge < -0.3 is 10.6 Å². The molecule has 1 atom stereocenters. The Bertz CT molecular complexity index is 1420. The average Bonchev–Trinajstić information content (AvgIpc) is 3.56. The maximum Gasteiger partial charge on any atom is 0.270 e. The number of thioether (sulfide) groups is 1. The quantitative estimate of drug-likeness (QED) is 0.397. The highest BCUT2D eigenvalue weighted by molar-refractivity contribution is 8.14. The van der Waals surface area contributed by atoms with Crippen molar-refractivity contribution < 1.29 is 14.4 Å². The van der Waals surface area contributed by atoms with Gasteiger partial charge in [-0.1, -0.05) is 59.8 Å². The fraction of sp³-hybridized carbons (Fsp3) is 0.222. The van der Waals surface area contributed by atoms with Crippen molar-refractivity contribution >= 4 is 69.1 Å². The van der Waals surface area contributed by atoms with Crippen molar-refractivity contribution in [3.8, 4) is 0 Å². The second-order valence-electron chi connectivity index (χ2n) is 8.62. The Morgan fingerprint density at radius 1 is 0.974 bits per heavy atom. The third kappa shape index (κ3) is 5.98. The smallest absolute Gasteiger partial charge is 0.270 e. The molecule has 2 aromatic carbocycles. The first-order valence-corrected chi connectivity index (χ1v) is 14.3. The molecule has 38 heavy (non-hydrogen) atoms. The van der Waals surface area contributed by atoms with Crippen LogP contribution in [0.15, 0.2) is 76.0 Å². The Balaban J connectivity index is 1.25. The molecule has 194 valence electrons. The van der Waals surface area contributed by atoms with E-state index in [-0.39, 0.29) is 36.3 Å². The number of aliphatic imine (C=N–C) groups is 2. The van der Waals surface area contributed by atoms with E-state index in [1.54, 1.807) is 22.3 Å². The van der Waals surface area contributed by atoms with E-state index in [1.165, 1.54) is 11.8 Å². The molecule has 0 bridgehead atoms. The monoisotopic (exact) mass is 565 g/mol. The fourth-order valence-corrected chi connectivity index (χ4v) is 5.87. The molecule has 0 spiro atoms. The van der Waals surface area contributed by atoms with Crippen molar-refractivity contribution in [3.63, 3.8) is 0 Å².